The van der Waals surface area contributed by atoms with E-state index < -0.39 is 5.91 Å². The largest absolute Gasteiger partial charge is 0.366 e. The molecule has 2 amide bonds. The van der Waals surface area contributed by atoms with Gasteiger partial charge in [0.25, 0.3) is 5.91 Å². The fraction of sp³-hybridized carbons (Fsp3) is 0.417. The van der Waals surface area contributed by atoms with E-state index in [4.69, 9.17) is 5.73 Å². The monoisotopic (exact) mass is 391 g/mol. The minimum atomic E-state index is -0.531. The van der Waals surface area contributed by atoms with Gasteiger partial charge in [-0.2, -0.15) is 0 Å². The zero-order chi connectivity index (χ0) is 20.3. The van der Waals surface area contributed by atoms with Gasteiger partial charge in [0.1, 0.15) is 0 Å². The van der Waals surface area contributed by atoms with Crippen LogP contribution >= 0.6 is 0 Å². The molecule has 3 N–H and O–H groups in total. The fourth-order valence-corrected chi connectivity index (χ4v) is 4.97. The van der Waals surface area contributed by atoms with Gasteiger partial charge in [-0.3, -0.25) is 9.59 Å². The predicted octanol–water partition coefficient (Wildman–Crippen LogP) is 3.48. The Labute approximate surface area is 172 Å². The van der Waals surface area contributed by atoms with Crippen LogP contribution in [0.3, 0.4) is 0 Å². The molecule has 1 aliphatic carbocycles. The molecule has 29 heavy (non-hydrogen) atoms. The SMILES string of the molecule is NC(=O)c1ccccc1NC(=O)CCCN1CCC2(CCc3ccccc32)CC1. The fourth-order valence-electron chi connectivity index (χ4n) is 4.97. The van der Waals surface area contributed by atoms with Crippen LogP contribution in [0.25, 0.3) is 0 Å². The molecule has 0 radical (unpaired) electrons. The Morgan fingerprint density at radius 3 is 2.52 bits per heavy atom. The topological polar surface area (TPSA) is 75.4 Å². The summed E-state index contributed by atoms with van der Waals surface area (Å²) in [5, 5.41) is 2.82. The van der Waals surface area contributed by atoms with Gasteiger partial charge in [0.05, 0.1) is 11.3 Å². The third kappa shape index (κ3) is 4.20. The van der Waals surface area contributed by atoms with Crippen molar-refractivity contribution in [3.8, 4) is 0 Å². The van der Waals surface area contributed by atoms with Crippen LogP contribution in [0, 0.1) is 0 Å². The van der Waals surface area contributed by atoms with Crippen LogP contribution in [0.2, 0.25) is 0 Å². The molecule has 1 heterocycles. The zero-order valence-electron chi connectivity index (χ0n) is 16.8. The molecule has 1 fully saturated rings. The number of aryl methyl sites for hydroxylation is 1. The van der Waals surface area contributed by atoms with Crippen molar-refractivity contribution in [1.29, 1.82) is 0 Å². The number of rotatable bonds is 6. The molecular weight excluding hydrogens is 362 g/mol. The van der Waals surface area contributed by atoms with Crippen LogP contribution in [-0.2, 0) is 16.6 Å². The smallest absolute Gasteiger partial charge is 0.250 e. The van der Waals surface area contributed by atoms with Crippen molar-refractivity contribution in [2.24, 2.45) is 5.73 Å². The molecule has 5 heteroatoms. The maximum absolute atomic E-state index is 12.3. The molecule has 0 saturated carbocycles. The van der Waals surface area contributed by atoms with E-state index in [-0.39, 0.29) is 5.91 Å². The molecule has 2 aliphatic rings. The molecule has 152 valence electrons. The van der Waals surface area contributed by atoms with Gasteiger partial charge >= 0.3 is 0 Å². The number of nitrogens with zero attached hydrogens (tertiary/aromatic N) is 1. The number of carbonyl (C=O) groups is 2. The number of carbonyl (C=O) groups excluding carboxylic acids is 2. The number of benzene rings is 2. The summed E-state index contributed by atoms with van der Waals surface area (Å²) in [6, 6.07) is 15.8. The quantitative estimate of drug-likeness (QED) is 0.792. The Morgan fingerprint density at radius 1 is 1.00 bits per heavy atom. The first-order valence-electron chi connectivity index (χ1n) is 10.6. The van der Waals surface area contributed by atoms with Crippen LogP contribution in [0.4, 0.5) is 5.69 Å². The molecular formula is C24H29N3O2. The second-order valence-electron chi connectivity index (χ2n) is 8.34. The number of hydrogen-bond donors (Lipinski definition) is 2. The highest BCUT2D eigenvalue weighted by Gasteiger charge is 2.40. The van der Waals surface area contributed by atoms with Crippen molar-refractivity contribution >= 4 is 17.5 Å². The zero-order valence-corrected chi connectivity index (χ0v) is 16.8. The van der Waals surface area contributed by atoms with Crippen LogP contribution in [-0.4, -0.2) is 36.3 Å². The standard InChI is InChI=1S/C24H29N3O2/c25-23(29)19-7-2-4-9-21(19)26-22(28)10-5-15-27-16-13-24(14-17-27)12-11-18-6-1-3-8-20(18)24/h1-4,6-9H,5,10-17H2,(H2,25,29)(H,26,28). The Morgan fingerprint density at radius 2 is 1.72 bits per heavy atom. The summed E-state index contributed by atoms with van der Waals surface area (Å²) in [5.74, 6) is -0.603. The molecule has 1 saturated heterocycles. The van der Waals surface area contributed by atoms with Crippen molar-refractivity contribution in [1.82, 2.24) is 4.90 Å². The minimum absolute atomic E-state index is 0.0723. The third-order valence-electron chi connectivity index (χ3n) is 6.62. The highest BCUT2D eigenvalue weighted by atomic mass is 16.2. The lowest BCUT2D eigenvalue weighted by atomic mass is 9.74. The molecule has 5 nitrogen and oxygen atoms in total. The highest BCUT2D eigenvalue weighted by molar-refractivity contribution is 6.02. The van der Waals surface area contributed by atoms with E-state index in [1.807, 2.05) is 0 Å². The van der Waals surface area contributed by atoms with E-state index in [1.165, 1.54) is 31.2 Å². The van der Waals surface area contributed by atoms with E-state index in [9.17, 15) is 9.59 Å². The van der Waals surface area contributed by atoms with Crippen molar-refractivity contribution in [3.05, 3.63) is 65.2 Å². The van der Waals surface area contributed by atoms with Gasteiger partial charge in [0.2, 0.25) is 5.91 Å². The van der Waals surface area contributed by atoms with Crippen molar-refractivity contribution in [2.45, 2.75) is 43.9 Å². The van der Waals surface area contributed by atoms with E-state index in [2.05, 4.69) is 34.5 Å². The van der Waals surface area contributed by atoms with E-state index in [0.717, 1.165) is 26.1 Å². The predicted molar refractivity (Wildman–Crippen MR) is 115 cm³/mol. The van der Waals surface area contributed by atoms with Gasteiger partial charge in [0, 0.05) is 6.42 Å². The first-order chi connectivity index (χ1) is 14.1. The number of hydrogen-bond acceptors (Lipinski definition) is 3. The number of likely N-dealkylation sites (tertiary alicyclic amines) is 1. The molecule has 0 aromatic heterocycles. The summed E-state index contributed by atoms with van der Waals surface area (Å²) in [5.41, 5.74) is 9.70. The Hall–Kier alpha value is -2.66. The molecule has 0 atom stereocenters. The van der Waals surface area contributed by atoms with Crippen LogP contribution in [0.1, 0.15) is 53.6 Å². The Bertz CT molecular complexity index is 901. The van der Waals surface area contributed by atoms with E-state index in [1.54, 1.807) is 29.8 Å². The number of nitrogens with one attached hydrogen (secondary N) is 1. The average Bonchev–Trinajstić information content (AvgIpc) is 3.08. The maximum atomic E-state index is 12.3. The summed E-state index contributed by atoms with van der Waals surface area (Å²) in [4.78, 5) is 26.2. The number of para-hydroxylation sites is 1. The molecule has 0 unspecified atom stereocenters. The van der Waals surface area contributed by atoms with E-state index >= 15 is 0 Å². The first-order valence-corrected chi connectivity index (χ1v) is 10.6. The average molecular weight is 392 g/mol. The van der Waals surface area contributed by atoms with Gasteiger partial charge < -0.3 is 16.0 Å². The van der Waals surface area contributed by atoms with Crippen LogP contribution < -0.4 is 11.1 Å². The van der Waals surface area contributed by atoms with Crippen molar-refractivity contribution in [2.75, 3.05) is 25.0 Å². The summed E-state index contributed by atoms with van der Waals surface area (Å²) in [6.45, 7) is 3.13. The minimum Gasteiger partial charge on any atom is -0.366 e. The molecule has 4 rings (SSSR count). The number of anilines is 1. The third-order valence-corrected chi connectivity index (χ3v) is 6.62. The molecule has 1 spiro atoms. The summed E-state index contributed by atoms with van der Waals surface area (Å²) in [7, 11) is 0. The summed E-state index contributed by atoms with van der Waals surface area (Å²) in [6.07, 6.45) is 6.17. The van der Waals surface area contributed by atoms with Crippen LogP contribution in [0.15, 0.2) is 48.5 Å². The van der Waals surface area contributed by atoms with E-state index in [0.29, 0.717) is 23.1 Å². The maximum Gasteiger partial charge on any atom is 0.250 e. The second-order valence-corrected chi connectivity index (χ2v) is 8.34. The summed E-state index contributed by atoms with van der Waals surface area (Å²) < 4.78 is 0. The van der Waals surface area contributed by atoms with Crippen molar-refractivity contribution < 1.29 is 9.59 Å². The van der Waals surface area contributed by atoms with Gasteiger partial charge in [-0.15, -0.1) is 0 Å². The number of fused-ring (bicyclic) bond motifs is 2. The lowest BCUT2D eigenvalue weighted by Gasteiger charge is -2.40. The van der Waals surface area contributed by atoms with Gasteiger partial charge in [-0.25, -0.2) is 0 Å². The normalized spacial score (nSPS) is 17.8. The second kappa shape index (κ2) is 8.37. The van der Waals surface area contributed by atoms with Gasteiger partial charge in [-0.05, 0) is 80.4 Å². The van der Waals surface area contributed by atoms with Crippen molar-refractivity contribution in [3.63, 3.8) is 0 Å². The number of nitrogens with two attached hydrogens (primary N) is 1. The first kappa shape index (κ1) is 19.6. The van der Waals surface area contributed by atoms with Gasteiger partial charge in [-0.1, -0.05) is 36.4 Å². The molecule has 2 aromatic carbocycles. The number of piperidine rings is 1. The Balaban J connectivity index is 1.24. The lowest BCUT2D eigenvalue weighted by Crippen LogP contribution is -2.42. The molecule has 2 aromatic rings. The Kier molecular flexibility index (Phi) is 5.67. The van der Waals surface area contributed by atoms with Crippen LogP contribution in [0.5, 0.6) is 0 Å². The number of amides is 2. The highest BCUT2D eigenvalue weighted by Crippen LogP contribution is 2.46. The molecule has 1 aliphatic heterocycles. The van der Waals surface area contributed by atoms with Gasteiger partial charge in [0.15, 0.2) is 0 Å². The molecule has 0 bridgehead atoms. The number of primary amides is 1. The summed E-state index contributed by atoms with van der Waals surface area (Å²) >= 11 is 0. The lowest BCUT2D eigenvalue weighted by molar-refractivity contribution is -0.116.